The molecular weight excluding hydrogens is 332 g/mol. The second-order valence-corrected chi connectivity index (χ2v) is 10.9. The molecule has 1 aliphatic rings. The first kappa shape index (κ1) is 18.5. The van der Waals surface area contributed by atoms with Crippen molar-refractivity contribution in [1.29, 1.82) is 0 Å². The van der Waals surface area contributed by atoms with E-state index in [2.05, 4.69) is 0 Å². The molecule has 0 N–H and O–H groups in total. The van der Waals surface area contributed by atoms with Gasteiger partial charge in [0.15, 0.2) is 19.7 Å². The van der Waals surface area contributed by atoms with Crippen molar-refractivity contribution >= 4 is 19.7 Å². The Morgan fingerprint density at radius 1 is 0.913 bits per heavy atom. The van der Waals surface area contributed by atoms with E-state index in [1.54, 1.807) is 24.3 Å². The normalized spacial score (nSPS) is 22.8. The van der Waals surface area contributed by atoms with Crippen LogP contribution in [0.25, 0.3) is 0 Å². The molecule has 1 aliphatic carbocycles. The molecule has 2 atom stereocenters. The average molecular weight is 359 g/mol. The van der Waals surface area contributed by atoms with Gasteiger partial charge in [-0.05, 0) is 24.8 Å². The maximum atomic E-state index is 12.8. The summed E-state index contributed by atoms with van der Waals surface area (Å²) in [6.45, 7) is 1.94. The zero-order valence-corrected chi connectivity index (χ0v) is 15.3. The summed E-state index contributed by atoms with van der Waals surface area (Å²) in [5.41, 5.74) is 0.725. The van der Waals surface area contributed by atoms with E-state index < -0.39 is 30.2 Å². The number of unbranched alkanes of at least 4 members (excludes halogenated alkanes) is 1. The standard InChI is InChI=1S/C17H26O4S2/c1-2-3-13-22(18,19)16-11-7-8-12-17(16)23(20,21)14-15-9-5-4-6-10-15/h4-6,9-10,16-17H,2-3,7-8,11-14H2,1H3/t16-,17-/m1/s1. The lowest BCUT2D eigenvalue weighted by Crippen LogP contribution is -2.43. The molecule has 1 fully saturated rings. The maximum absolute atomic E-state index is 12.8. The number of hydrogen-bond donors (Lipinski definition) is 0. The van der Waals surface area contributed by atoms with Crippen LogP contribution in [0.4, 0.5) is 0 Å². The van der Waals surface area contributed by atoms with Gasteiger partial charge in [0.25, 0.3) is 0 Å². The molecule has 0 unspecified atom stereocenters. The van der Waals surface area contributed by atoms with Crippen LogP contribution >= 0.6 is 0 Å². The fourth-order valence-electron chi connectivity index (χ4n) is 3.29. The van der Waals surface area contributed by atoms with Crippen molar-refractivity contribution in [1.82, 2.24) is 0 Å². The topological polar surface area (TPSA) is 68.3 Å². The molecular formula is C17H26O4S2. The molecule has 1 saturated carbocycles. The van der Waals surface area contributed by atoms with Crippen molar-refractivity contribution in [2.75, 3.05) is 5.75 Å². The van der Waals surface area contributed by atoms with E-state index in [0.29, 0.717) is 19.3 Å². The molecule has 1 aromatic carbocycles. The van der Waals surface area contributed by atoms with Gasteiger partial charge in [-0.15, -0.1) is 0 Å². The fourth-order valence-corrected chi connectivity index (χ4v) is 8.42. The molecule has 0 aliphatic heterocycles. The minimum Gasteiger partial charge on any atom is -0.229 e. The molecule has 1 aromatic rings. The molecule has 0 heterocycles. The van der Waals surface area contributed by atoms with Crippen LogP contribution in [-0.2, 0) is 25.4 Å². The second-order valence-electron chi connectivity index (χ2n) is 6.37. The summed E-state index contributed by atoms with van der Waals surface area (Å²) in [6.07, 6.45) is 3.93. The SMILES string of the molecule is CCCCS(=O)(=O)[C@@H]1CCCC[C@H]1S(=O)(=O)Cc1ccccc1. The van der Waals surface area contributed by atoms with Crippen LogP contribution in [0.5, 0.6) is 0 Å². The summed E-state index contributed by atoms with van der Waals surface area (Å²) in [6, 6.07) is 9.01. The lowest BCUT2D eigenvalue weighted by atomic mass is 10.00. The molecule has 4 nitrogen and oxygen atoms in total. The Balaban J connectivity index is 2.23. The Morgan fingerprint density at radius 2 is 1.48 bits per heavy atom. The molecule has 0 amide bonds. The van der Waals surface area contributed by atoms with Gasteiger partial charge in [0.05, 0.1) is 22.0 Å². The smallest absolute Gasteiger partial charge is 0.158 e. The van der Waals surface area contributed by atoms with Crippen LogP contribution in [-0.4, -0.2) is 33.1 Å². The van der Waals surface area contributed by atoms with E-state index in [4.69, 9.17) is 0 Å². The van der Waals surface area contributed by atoms with Crippen LogP contribution in [0.1, 0.15) is 51.0 Å². The third-order valence-electron chi connectivity index (χ3n) is 4.56. The molecule has 0 bridgehead atoms. The summed E-state index contributed by atoms with van der Waals surface area (Å²) in [5.74, 6) is 0.0316. The van der Waals surface area contributed by atoms with Gasteiger partial charge in [0, 0.05) is 0 Å². The van der Waals surface area contributed by atoms with Crippen molar-refractivity contribution in [3.63, 3.8) is 0 Å². The van der Waals surface area contributed by atoms with Crippen LogP contribution in [0.3, 0.4) is 0 Å². The lowest BCUT2D eigenvalue weighted by Gasteiger charge is -2.31. The fraction of sp³-hybridized carbons (Fsp3) is 0.647. The summed E-state index contributed by atoms with van der Waals surface area (Å²) < 4.78 is 50.8. The summed E-state index contributed by atoms with van der Waals surface area (Å²) in [5, 5.41) is -1.48. The molecule has 23 heavy (non-hydrogen) atoms. The third kappa shape index (κ3) is 4.80. The highest BCUT2D eigenvalue weighted by molar-refractivity contribution is 7.95. The Labute approximate surface area is 140 Å². The van der Waals surface area contributed by atoms with Gasteiger partial charge in [0.2, 0.25) is 0 Å². The minimum atomic E-state index is -3.47. The largest absolute Gasteiger partial charge is 0.229 e. The van der Waals surface area contributed by atoms with E-state index in [0.717, 1.165) is 24.8 Å². The summed E-state index contributed by atoms with van der Waals surface area (Å²) in [4.78, 5) is 0. The van der Waals surface area contributed by atoms with Crippen molar-refractivity contribution < 1.29 is 16.8 Å². The van der Waals surface area contributed by atoms with Crippen molar-refractivity contribution in [3.8, 4) is 0 Å². The molecule has 0 aromatic heterocycles. The van der Waals surface area contributed by atoms with E-state index >= 15 is 0 Å². The van der Waals surface area contributed by atoms with E-state index in [1.165, 1.54) is 0 Å². The van der Waals surface area contributed by atoms with Crippen molar-refractivity contribution in [3.05, 3.63) is 35.9 Å². The first-order chi connectivity index (χ1) is 10.9. The average Bonchev–Trinajstić information content (AvgIpc) is 2.53. The molecule has 2 rings (SSSR count). The molecule has 0 saturated heterocycles. The zero-order valence-electron chi connectivity index (χ0n) is 13.6. The van der Waals surface area contributed by atoms with E-state index in [9.17, 15) is 16.8 Å². The van der Waals surface area contributed by atoms with Crippen molar-refractivity contribution in [2.45, 2.75) is 61.7 Å². The summed E-state index contributed by atoms with van der Waals surface area (Å²) >= 11 is 0. The van der Waals surface area contributed by atoms with Crippen LogP contribution in [0.2, 0.25) is 0 Å². The zero-order chi connectivity index (χ0) is 16.9. The predicted octanol–water partition coefficient (Wildman–Crippen LogP) is 3.13. The first-order valence-corrected chi connectivity index (χ1v) is 11.8. The second kappa shape index (κ2) is 7.79. The highest BCUT2D eigenvalue weighted by Crippen LogP contribution is 2.32. The monoisotopic (exact) mass is 358 g/mol. The first-order valence-electron chi connectivity index (χ1n) is 8.34. The molecule has 0 spiro atoms. The number of benzene rings is 1. The Kier molecular flexibility index (Phi) is 6.26. The van der Waals surface area contributed by atoms with Gasteiger partial charge in [0.1, 0.15) is 0 Å². The third-order valence-corrected chi connectivity index (χ3v) is 9.30. The quantitative estimate of drug-likeness (QED) is 0.751. The lowest BCUT2D eigenvalue weighted by molar-refractivity contribution is 0.468. The van der Waals surface area contributed by atoms with Crippen LogP contribution < -0.4 is 0 Å². The van der Waals surface area contributed by atoms with Gasteiger partial charge < -0.3 is 0 Å². The van der Waals surface area contributed by atoms with Crippen LogP contribution in [0.15, 0.2) is 30.3 Å². The Hall–Kier alpha value is -0.880. The minimum absolute atomic E-state index is 0.0711. The number of sulfone groups is 2. The number of hydrogen-bond acceptors (Lipinski definition) is 4. The molecule has 0 radical (unpaired) electrons. The van der Waals surface area contributed by atoms with E-state index in [1.807, 2.05) is 13.0 Å². The van der Waals surface area contributed by atoms with Gasteiger partial charge in [-0.25, -0.2) is 16.8 Å². The molecule has 130 valence electrons. The number of rotatable bonds is 7. The van der Waals surface area contributed by atoms with Gasteiger partial charge in [-0.3, -0.25) is 0 Å². The van der Waals surface area contributed by atoms with Crippen molar-refractivity contribution in [2.24, 2.45) is 0 Å². The highest BCUT2D eigenvalue weighted by atomic mass is 32.2. The van der Waals surface area contributed by atoms with Gasteiger partial charge >= 0.3 is 0 Å². The maximum Gasteiger partial charge on any atom is 0.158 e. The van der Waals surface area contributed by atoms with E-state index in [-0.39, 0.29) is 11.5 Å². The van der Waals surface area contributed by atoms with Gasteiger partial charge in [-0.1, -0.05) is 56.5 Å². The predicted molar refractivity (Wildman–Crippen MR) is 93.8 cm³/mol. The highest BCUT2D eigenvalue weighted by Gasteiger charge is 2.42. The van der Waals surface area contributed by atoms with Gasteiger partial charge in [-0.2, -0.15) is 0 Å². The Bertz CT molecular complexity index is 693. The summed E-state index contributed by atoms with van der Waals surface area (Å²) in [7, 11) is -6.82. The molecule has 6 heteroatoms. The van der Waals surface area contributed by atoms with Crippen LogP contribution in [0, 0.1) is 0 Å². The Morgan fingerprint density at radius 3 is 2.04 bits per heavy atom.